The third-order valence-electron chi connectivity index (χ3n) is 1.93. The van der Waals surface area contributed by atoms with Crippen LogP contribution in [-0.4, -0.2) is 9.55 Å². The minimum Gasteiger partial charge on any atom is -0.327 e. The van der Waals surface area contributed by atoms with Gasteiger partial charge < -0.3 is 4.57 Å². The third kappa shape index (κ3) is 2.48. The Morgan fingerprint density at radius 1 is 1.56 bits per heavy atom. The SMILES string of the molecule is N#C/N=c1\ccccn1Cc1cnc(Cl)s1. The van der Waals surface area contributed by atoms with Crippen molar-refractivity contribution in [3.05, 3.63) is 45.4 Å². The van der Waals surface area contributed by atoms with E-state index >= 15 is 0 Å². The van der Waals surface area contributed by atoms with E-state index in [1.54, 1.807) is 18.5 Å². The topological polar surface area (TPSA) is 54.0 Å². The van der Waals surface area contributed by atoms with Gasteiger partial charge in [-0.15, -0.1) is 11.3 Å². The fraction of sp³-hybridized carbons (Fsp3) is 0.100. The van der Waals surface area contributed by atoms with Gasteiger partial charge in [0, 0.05) is 17.3 Å². The van der Waals surface area contributed by atoms with E-state index in [2.05, 4.69) is 9.98 Å². The molecule has 2 aromatic heterocycles. The lowest BCUT2D eigenvalue weighted by Gasteiger charge is -2.03. The lowest BCUT2D eigenvalue weighted by molar-refractivity contribution is 0.752. The van der Waals surface area contributed by atoms with E-state index in [1.807, 2.05) is 22.9 Å². The van der Waals surface area contributed by atoms with Gasteiger partial charge in [-0.1, -0.05) is 17.7 Å². The average molecular weight is 251 g/mol. The molecule has 0 fully saturated rings. The maximum Gasteiger partial charge on any atom is 0.207 e. The Morgan fingerprint density at radius 2 is 2.44 bits per heavy atom. The first-order valence-electron chi connectivity index (χ1n) is 4.48. The normalized spacial score (nSPS) is 11.4. The van der Waals surface area contributed by atoms with E-state index in [0.717, 1.165) is 4.88 Å². The summed E-state index contributed by atoms with van der Waals surface area (Å²) >= 11 is 7.17. The molecule has 2 heterocycles. The second-order valence-corrected chi connectivity index (χ2v) is 4.68. The Balaban J connectivity index is 2.35. The highest BCUT2D eigenvalue weighted by molar-refractivity contribution is 7.15. The summed E-state index contributed by atoms with van der Waals surface area (Å²) in [7, 11) is 0. The Bertz CT molecular complexity index is 593. The van der Waals surface area contributed by atoms with Gasteiger partial charge in [0.15, 0.2) is 4.47 Å². The van der Waals surface area contributed by atoms with Crippen LogP contribution in [0.15, 0.2) is 35.6 Å². The van der Waals surface area contributed by atoms with Crippen molar-refractivity contribution in [2.75, 3.05) is 0 Å². The van der Waals surface area contributed by atoms with Crippen LogP contribution in [0, 0.1) is 11.5 Å². The van der Waals surface area contributed by atoms with E-state index < -0.39 is 0 Å². The zero-order valence-electron chi connectivity index (χ0n) is 8.17. The number of hydrogen-bond acceptors (Lipinski definition) is 4. The quantitative estimate of drug-likeness (QED) is 0.766. The van der Waals surface area contributed by atoms with Gasteiger partial charge in [-0.05, 0) is 12.1 Å². The van der Waals surface area contributed by atoms with Gasteiger partial charge in [-0.25, -0.2) is 4.98 Å². The molecule has 0 radical (unpaired) electrons. The minimum atomic E-state index is 0.519. The average Bonchev–Trinajstić information content (AvgIpc) is 2.67. The van der Waals surface area contributed by atoms with Crippen molar-refractivity contribution in [1.82, 2.24) is 9.55 Å². The van der Waals surface area contributed by atoms with Crippen LogP contribution in [-0.2, 0) is 6.54 Å². The zero-order chi connectivity index (χ0) is 11.4. The molecule has 0 bridgehead atoms. The van der Waals surface area contributed by atoms with Gasteiger partial charge in [0.05, 0.1) is 6.54 Å². The third-order valence-corrected chi connectivity index (χ3v) is 3.03. The first-order chi connectivity index (χ1) is 7.79. The monoisotopic (exact) mass is 250 g/mol. The van der Waals surface area contributed by atoms with Crippen molar-refractivity contribution < 1.29 is 0 Å². The molecule has 0 spiro atoms. The number of thiazole rings is 1. The smallest absolute Gasteiger partial charge is 0.207 e. The predicted molar refractivity (Wildman–Crippen MR) is 61.8 cm³/mol. The molecule has 0 aromatic carbocycles. The summed E-state index contributed by atoms with van der Waals surface area (Å²) in [6.07, 6.45) is 5.37. The summed E-state index contributed by atoms with van der Waals surface area (Å²) in [5.74, 6) is 0. The maximum absolute atomic E-state index is 8.55. The number of rotatable bonds is 2. The molecule has 0 N–H and O–H groups in total. The van der Waals surface area contributed by atoms with E-state index in [0.29, 0.717) is 16.5 Å². The van der Waals surface area contributed by atoms with Crippen molar-refractivity contribution in [2.24, 2.45) is 4.99 Å². The molecule has 0 unspecified atom stereocenters. The molecular weight excluding hydrogens is 244 g/mol. The van der Waals surface area contributed by atoms with Crippen LogP contribution in [0.1, 0.15) is 4.88 Å². The van der Waals surface area contributed by atoms with Crippen LogP contribution in [0.25, 0.3) is 0 Å². The fourth-order valence-corrected chi connectivity index (χ4v) is 2.26. The largest absolute Gasteiger partial charge is 0.327 e. The van der Waals surface area contributed by atoms with Gasteiger partial charge >= 0.3 is 0 Å². The van der Waals surface area contributed by atoms with Crippen molar-refractivity contribution in [3.8, 4) is 6.19 Å². The van der Waals surface area contributed by atoms with Gasteiger partial charge in [0.2, 0.25) is 6.19 Å². The summed E-state index contributed by atoms with van der Waals surface area (Å²) < 4.78 is 2.39. The van der Waals surface area contributed by atoms with Gasteiger partial charge in [0.1, 0.15) is 5.49 Å². The molecule has 0 saturated carbocycles. The molecule has 4 nitrogen and oxygen atoms in total. The molecule has 80 valence electrons. The number of pyridine rings is 1. The molecule has 2 aromatic rings. The number of hydrogen-bond donors (Lipinski definition) is 0. The summed E-state index contributed by atoms with van der Waals surface area (Å²) in [6.45, 7) is 0.617. The van der Waals surface area contributed by atoms with Crippen LogP contribution in [0.4, 0.5) is 0 Å². The fourth-order valence-electron chi connectivity index (χ4n) is 1.28. The molecule has 2 rings (SSSR count). The van der Waals surface area contributed by atoms with Crippen molar-refractivity contribution in [1.29, 1.82) is 5.26 Å². The van der Waals surface area contributed by atoms with Crippen molar-refractivity contribution >= 4 is 22.9 Å². The molecule has 16 heavy (non-hydrogen) atoms. The highest BCUT2D eigenvalue weighted by Gasteiger charge is 2.00. The summed E-state index contributed by atoms with van der Waals surface area (Å²) in [5.41, 5.74) is 0.620. The van der Waals surface area contributed by atoms with E-state index in [1.165, 1.54) is 11.3 Å². The second-order valence-electron chi connectivity index (χ2n) is 2.98. The molecule has 0 amide bonds. The Labute approximate surface area is 101 Å². The van der Waals surface area contributed by atoms with E-state index in [4.69, 9.17) is 16.9 Å². The van der Waals surface area contributed by atoms with Crippen LogP contribution in [0.5, 0.6) is 0 Å². The highest BCUT2D eigenvalue weighted by Crippen LogP contribution is 2.17. The van der Waals surface area contributed by atoms with E-state index in [9.17, 15) is 0 Å². The van der Waals surface area contributed by atoms with Crippen molar-refractivity contribution in [2.45, 2.75) is 6.54 Å². The Kier molecular flexibility index (Phi) is 3.34. The number of nitrogens with zero attached hydrogens (tertiary/aromatic N) is 4. The number of halogens is 1. The molecule has 0 aliphatic rings. The second kappa shape index (κ2) is 4.92. The zero-order valence-corrected chi connectivity index (χ0v) is 9.74. The maximum atomic E-state index is 8.55. The highest BCUT2D eigenvalue weighted by atomic mass is 35.5. The first-order valence-corrected chi connectivity index (χ1v) is 5.67. The molecule has 0 aliphatic heterocycles. The lowest BCUT2D eigenvalue weighted by Crippen LogP contribution is -2.19. The lowest BCUT2D eigenvalue weighted by atomic mass is 10.4. The molecule has 6 heteroatoms. The summed E-state index contributed by atoms with van der Waals surface area (Å²) in [5, 5.41) is 8.55. The number of aromatic nitrogens is 2. The summed E-state index contributed by atoms with van der Waals surface area (Å²) in [4.78, 5) is 8.72. The molecule has 0 saturated heterocycles. The van der Waals surface area contributed by atoms with Crippen LogP contribution in [0.3, 0.4) is 0 Å². The number of nitriles is 1. The van der Waals surface area contributed by atoms with Gasteiger partial charge in [-0.3, -0.25) is 0 Å². The first kappa shape index (κ1) is 10.9. The summed E-state index contributed by atoms with van der Waals surface area (Å²) in [6, 6.07) is 5.51. The van der Waals surface area contributed by atoms with Crippen LogP contribution < -0.4 is 5.49 Å². The van der Waals surface area contributed by atoms with E-state index in [-0.39, 0.29) is 0 Å². The predicted octanol–water partition coefficient (Wildman–Crippen LogP) is 2.03. The minimum absolute atomic E-state index is 0.519. The van der Waals surface area contributed by atoms with Crippen LogP contribution in [0.2, 0.25) is 4.47 Å². The van der Waals surface area contributed by atoms with Gasteiger partial charge in [-0.2, -0.15) is 10.3 Å². The molecule has 0 atom stereocenters. The van der Waals surface area contributed by atoms with Gasteiger partial charge in [0.25, 0.3) is 0 Å². The van der Waals surface area contributed by atoms with Crippen LogP contribution >= 0.6 is 22.9 Å². The Hall–Kier alpha value is -1.64. The Morgan fingerprint density at radius 3 is 3.12 bits per heavy atom. The van der Waals surface area contributed by atoms with Crippen molar-refractivity contribution in [3.63, 3.8) is 0 Å². The molecule has 0 aliphatic carbocycles. The standard InChI is InChI=1S/C10H7ClN4S/c11-10-13-5-8(16-10)6-15-4-2-1-3-9(15)14-7-12/h1-5H,6H2/b14-9+. The molecular formula is C10H7ClN4S.